The van der Waals surface area contributed by atoms with Gasteiger partial charge in [0.1, 0.15) is 0 Å². The molecule has 3 N–H and O–H groups in total. The van der Waals surface area contributed by atoms with Crippen molar-refractivity contribution in [2.75, 3.05) is 0 Å². The Morgan fingerprint density at radius 1 is 1.00 bits per heavy atom. The first-order valence-corrected chi connectivity index (χ1v) is 2.35. The number of rotatable bonds is 0. The Hall–Kier alpha value is 1.61. The van der Waals surface area contributed by atoms with Crippen molar-refractivity contribution in [2.45, 2.75) is 0 Å². The van der Waals surface area contributed by atoms with Gasteiger partial charge in [0.2, 0.25) is 0 Å². The molecule has 0 bridgehead atoms. The van der Waals surface area contributed by atoms with Gasteiger partial charge >= 0.3 is 59.2 Å². The minimum absolute atomic E-state index is 0. The number of halogens is 2. The van der Waals surface area contributed by atoms with E-state index >= 15 is 0 Å². The molecule has 0 heterocycles. The molecule has 4 nitrogen and oxygen atoms in total. The maximum atomic E-state index is 8.88. The van der Waals surface area contributed by atoms with Crippen LogP contribution in [0, 0.1) is 0 Å². The Balaban J connectivity index is -0.0000000267. The van der Waals surface area contributed by atoms with Crippen molar-refractivity contribution in [3.8, 4) is 0 Å². The molecule has 0 spiro atoms. The van der Waals surface area contributed by atoms with Crippen molar-refractivity contribution in [3.05, 3.63) is 0 Å². The summed E-state index contributed by atoms with van der Waals surface area (Å²) in [6.45, 7) is 0. The molecule has 0 aromatic carbocycles. The average Bonchev–Trinajstić information content (AvgIpc) is 0.722. The van der Waals surface area contributed by atoms with Crippen molar-refractivity contribution in [2.24, 2.45) is 0 Å². The molecule has 0 amide bonds. The molecule has 8 heteroatoms. The summed E-state index contributed by atoms with van der Waals surface area (Å²) in [4.78, 5) is 21.6. The van der Waals surface area contributed by atoms with Gasteiger partial charge in [0.15, 0.2) is 0 Å². The first-order valence-electron chi connectivity index (χ1n) is 0.783. The van der Waals surface area contributed by atoms with E-state index in [0.29, 0.717) is 0 Å². The summed E-state index contributed by atoms with van der Waals surface area (Å²) < 4.78 is 8.88. The van der Waals surface area contributed by atoms with Crippen molar-refractivity contribution in [3.63, 3.8) is 0 Å². The fourth-order valence-corrected chi connectivity index (χ4v) is 0. The van der Waals surface area contributed by atoms with E-state index in [1.165, 1.54) is 0 Å². The van der Waals surface area contributed by atoms with Gasteiger partial charge in [0.05, 0.1) is 0 Å². The van der Waals surface area contributed by atoms with E-state index in [9.17, 15) is 0 Å². The van der Waals surface area contributed by atoms with E-state index in [1.807, 2.05) is 0 Å². The molecule has 0 radical (unpaired) electrons. The quantitative estimate of drug-likeness (QED) is 0.319. The van der Waals surface area contributed by atoms with Crippen LogP contribution in [0.5, 0.6) is 0 Å². The van der Waals surface area contributed by atoms with Crippen LogP contribution in [0.2, 0.25) is 0 Å². The van der Waals surface area contributed by atoms with Gasteiger partial charge in [-0.1, -0.05) is 0 Å². The number of hydrogen-bond acceptors (Lipinski definition) is 1. The van der Waals surface area contributed by atoms with Crippen molar-refractivity contribution < 1.29 is 28.7 Å². The third-order valence-corrected chi connectivity index (χ3v) is 0. The molecule has 50 valence electrons. The van der Waals surface area contributed by atoms with Gasteiger partial charge < -0.3 is 14.7 Å². The third kappa shape index (κ3) is 129. The van der Waals surface area contributed by atoms with E-state index in [2.05, 4.69) is 0 Å². The van der Waals surface area contributed by atoms with Crippen molar-refractivity contribution >= 4 is 59.2 Å². The SMILES string of the molecule is F.F.O=P(O)(O)O.[KH]. The van der Waals surface area contributed by atoms with Crippen LogP contribution in [0.15, 0.2) is 0 Å². The zero-order valence-electron chi connectivity index (χ0n) is 3.01. The molecule has 0 aliphatic rings. The summed E-state index contributed by atoms with van der Waals surface area (Å²) in [7, 11) is -4.64. The third-order valence-electron chi connectivity index (χ3n) is 0. The van der Waals surface area contributed by atoms with Crippen LogP contribution in [-0.4, -0.2) is 66.1 Å². The van der Waals surface area contributed by atoms with Gasteiger partial charge in [-0.2, -0.15) is 0 Å². The van der Waals surface area contributed by atoms with Gasteiger partial charge in [-0.05, 0) is 0 Å². The van der Waals surface area contributed by atoms with Crippen LogP contribution in [0.3, 0.4) is 0 Å². The zero-order valence-corrected chi connectivity index (χ0v) is 3.91. The molecule has 0 saturated heterocycles. The maximum absolute atomic E-state index is 8.88. The molecular weight excluding hydrogens is 172 g/mol. The number of phosphoric acid groups is 1. The molecule has 0 atom stereocenters. The Morgan fingerprint density at radius 3 is 1.00 bits per heavy atom. The van der Waals surface area contributed by atoms with Gasteiger partial charge in [0.25, 0.3) is 0 Å². The molecule has 0 unspecified atom stereocenters. The topological polar surface area (TPSA) is 77.8 Å². The second kappa shape index (κ2) is 8.61. The summed E-state index contributed by atoms with van der Waals surface area (Å²) in [5.74, 6) is 0. The fraction of sp³-hybridized carbons (Fsp3) is 0. The van der Waals surface area contributed by atoms with Crippen LogP contribution in [-0.2, 0) is 4.57 Å². The number of hydrogen-bond donors (Lipinski definition) is 3. The van der Waals surface area contributed by atoms with Crippen molar-refractivity contribution in [1.82, 2.24) is 0 Å². The standard InChI is InChI=1S/2FH.K.H3O4P.H/c;;;1-5(2,3)4;/h2*1H;;(H3,1,2,3,4);. The van der Waals surface area contributed by atoms with E-state index in [1.54, 1.807) is 0 Å². The van der Waals surface area contributed by atoms with Crippen molar-refractivity contribution in [1.29, 1.82) is 0 Å². The molecule has 0 aromatic rings. The van der Waals surface area contributed by atoms with Crippen LogP contribution in [0.25, 0.3) is 0 Å². The molecule has 0 aromatic heterocycles. The summed E-state index contributed by atoms with van der Waals surface area (Å²) in [6.07, 6.45) is 0. The minimum atomic E-state index is -4.64. The Morgan fingerprint density at radius 2 is 1.00 bits per heavy atom. The normalized spacial score (nSPS) is 7.38. The predicted octanol–water partition coefficient (Wildman–Crippen LogP) is -1.27. The van der Waals surface area contributed by atoms with E-state index in [4.69, 9.17) is 19.2 Å². The van der Waals surface area contributed by atoms with Crippen LogP contribution in [0.4, 0.5) is 9.41 Å². The molecule has 0 aliphatic carbocycles. The summed E-state index contributed by atoms with van der Waals surface area (Å²) in [6, 6.07) is 0. The van der Waals surface area contributed by atoms with Gasteiger partial charge in [-0.3, -0.25) is 9.41 Å². The Bertz CT molecular complexity index is 60.2. The Kier molecular flexibility index (Phi) is 24.4. The average molecular weight is 178 g/mol. The molecule has 0 aliphatic heterocycles. The van der Waals surface area contributed by atoms with E-state index in [-0.39, 0.29) is 60.8 Å². The zero-order chi connectivity index (χ0) is 4.50. The van der Waals surface area contributed by atoms with E-state index < -0.39 is 7.82 Å². The van der Waals surface area contributed by atoms with Crippen LogP contribution >= 0.6 is 7.82 Å². The van der Waals surface area contributed by atoms with Crippen LogP contribution in [0.1, 0.15) is 0 Å². The van der Waals surface area contributed by atoms with Gasteiger partial charge in [0, 0.05) is 0 Å². The monoisotopic (exact) mass is 178 g/mol. The fourth-order valence-electron chi connectivity index (χ4n) is 0. The second-order valence-corrected chi connectivity index (χ2v) is 1.54. The Labute approximate surface area is 86.7 Å². The summed E-state index contributed by atoms with van der Waals surface area (Å²) >= 11 is 0. The van der Waals surface area contributed by atoms with Gasteiger partial charge in [-0.15, -0.1) is 0 Å². The molecular formula is H6F2KO4P. The first-order chi connectivity index (χ1) is 2.00. The molecule has 8 heavy (non-hydrogen) atoms. The first kappa shape index (κ1) is 22.6. The molecule has 0 fully saturated rings. The molecule has 0 rings (SSSR count). The summed E-state index contributed by atoms with van der Waals surface area (Å²) in [5, 5.41) is 0. The molecule has 0 saturated carbocycles. The summed E-state index contributed by atoms with van der Waals surface area (Å²) in [5.41, 5.74) is 0. The van der Waals surface area contributed by atoms with Gasteiger partial charge in [-0.25, -0.2) is 4.57 Å². The van der Waals surface area contributed by atoms with E-state index in [0.717, 1.165) is 0 Å². The second-order valence-electron chi connectivity index (χ2n) is 0.513. The predicted molar refractivity (Wildman–Crippen MR) is 26.4 cm³/mol. The van der Waals surface area contributed by atoms with Crippen LogP contribution < -0.4 is 0 Å².